The van der Waals surface area contributed by atoms with Gasteiger partial charge in [-0.05, 0) is 48.9 Å². The number of aromatic nitrogens is 2. The molecule has 0 atom stereocenters. The molecule has 1 amide bonds. The highest BCUT2D eigenvalue weighted by Crippen LogP contribution is 2.28. The molecule has 0 spiro atoms. The van der Waals surface area contributed by atoms with E-state index in [4.69, 9.17) is 11.6 Å². The summed E-state index contributed by atoms with van der Waals surface area (Å²) in [6.45, 7) is 2.01. The topological polar surface area (TPSA) is 54.9 Å². The van der Waals surface area contributed by atoms with Gasteiger partial charge in [0.25, 0.3) is 5.91 Å². The first-order chi connectivity index (χ1) is 11.6. The lowest BCUT2D eigenvalue weighted by atomic mass is 10.1. The second-order valence-corrected chi connectivity index (χ2v) is 6.85. The largest absolute Gasteiger partial charge is 0.298 e. The zero-order valence-corrected chi connectivity index (χ0v) is 14.3. The zero-order valence-electron chi connectivity index (χ0n) is 12.7. The van der Waals surface area contributed by atoms with Crippen LogP contribution in [0.15, 0.2) is 48.5 Å². The van der Waals surface area contributed by atoms with Crippen LogP contribution in [0.3, 0.4) is 0 Å². The number of fused-ring (bicyclic) bond motifs is 2. The van der Waals surface area contributed by atoms with Crippen molar-refractivity contribution in [1.29, 1.82) is 0 Å². The molecule has 118 valence electrons. The number of benzene rings is 2. The fourth-order valence-electron chi connectivity index (χ4n) is 2.55. The highest BCUT2D eigenvalue weighted by atomic mass is 35.5. The van der Waals surface area contributed by atoms with Crippen molar-refractivity contribution in [3.63, 3.8) is 0 Å². The molecule has 0 unspecified atom stereocenters. The summed E-state index contributed by atoms with van der Waals surface area (Å²) in [6, 6.07) is 14.9. The molecule has 2 aromatic heterocycles. The summed E-state index contributed by atoms with van der Waals surface area (Å²) in [6.07, 6.45) is 0. The van der Waals surface area contributed by atoms with Gasteiger partial charge in [-0.15, -0.1) is 0 Å². The number of aryl methyl sites for hydroxylation is 1. The van der Waals surface area contributed by atoms with Crippen molar-refractivity contribution in [2.75, 3.05) is 5.32 Å². The fraction of sp³-hybridized carbons (Fsp3) is 0.0556. The Labute approximate surface area is 147 Å². The van der Waals surface area contributed by atoms with Crippen molar-refractivity contribution in [3.8, 4) is 0 Å². The Morgan fingerprint density at radius 3 is 2.83 bits per heavy atom. The molecule has 4 aromatic rings. The van der Waals surface area contributed by atoms with E-state index in [9.17, 15) is 4.79 Å². The van der Waals surface area contributed by atoms with E-state index in [0.29, 0.717) is 15.8 Å². The minimum atomic E-state index is -0.191. The number of thiazole rings is 1. The van der Waals surface area contributed by atoms with Gasteiger partial charge in [0.1, 0.15) is 5.15 Å². The van der Waals surface area contributed by atoms with Gasteiger partial charge in [-0.1, -0.05) is 35.1 Å². The van der Waals surface area contributed by atoms with Crippen LogP contribution in [0.25, 0.3) is 21.1 Å². The lowest BCUT2D eigenvalue weighted by Gasteiger charge is -2.03. The monoisotopic (exact) mass is 353 g/mol. The highest BCUT2D eigenvalue weighted by Gasteiger charge is 2.11. The number of rotatable bonds is 2. The molecule has 0 bridgehead atoms. The number of hydrogen-bond donors (Lipinski definition) is 1. The number of anilines is 1. The van der Waals surface area contributed by atoms with Crippen LogP contribution in [0.4, 0.5) is 5.13 Å². The number of carbonyl (C=O) groups is 1. The fourth-order valence-corrected chi connectivity index (χ4v) is 3.64. The van der Waals surface area contributed by atoms with Crippen molar-refractivity contribution < 1.29 is 4.79 Å². The number of halogens is 1. The van der Waals surface area contributed by atoms with Gasteiger partial charge in [-0.3, -0.25) is 10.1 Å². The molecular weight excluding hydrogens is 342 g/mol. The second-order valence-electron chi connectivity index (χ2n) is 5.44. The quantitative estimate of drug-likeness (QED) is 0.512. The summed E-state index contributed by atoms with van der Waals surface area (Å²) >= 11 is 7.35. The molecule has 24 heavy (non-hydrogen) atoms. The minimum Gasteiger partial charge on any atom is -0.298 e. The first-order valence-corrected chi connectivity index (χ1v) is 8.53. The lowest BCUT2D eigenvalue weighted by molar-refractivity contribution is 0.102. The van der Waals surface area contributed by atoms with Crippen LogP contribution in [0.5, 0.6) is 0 Å². The molecule has 2 aromatic carbocycles. The molecule has 0 saturated heterocycles. The average molecular weight is 354 g/mol. The van der Waals surface area contributed by atoms with E-state index in [-0.39, 0.29) is 5.91 Å². The normalized spacial score (nSPS) is 11.1. The first-order valence-electron chi connectivity index (χ1n) is 7.34. The summed E-state index contributed by atoms with van der Waals surface area (Å²) in [5.41, 5.74) is 3.34. The summed E-state index contributed by atoms with van der Waals surface area (Å²) in [4.78, 5) is 21.2. The maximum atomic E-state index is 12.5. The Kier molecular flexibility index (Phi) is 3.67. The third-order valence-corrected chi connectivity index (χ3v) is 4.91. The van der Waals surface area contributed by atoms with Crippen LogP contribution in [0, 0.1) is 6.92 Å². The first kappa shape index (κ1) is 15.1. The minimum absolute atomic E-state index is 0.191. The number of pyridine rings is 1. The van der Waals surface area contributed by atoms with Gasteiger partial charge in [-0.25, -0.2) is 9.97 Å². The average Bonchev–Trinajstić information content (AvgIpc) is 2.98. The second kappa shape index (κ2) is 5.85. The number of nitrogens with zero attached hydrogens (tertiary/aromatic N) is 2. The van der Waals surface area contributed by atoms with Crippen LogP contribution < -0.4 is 5.32 Å². The van der Waals surface area contributed by atoms with Crippen LogP contribution in [-0.4, -0.2) is 15.9 Å². The van der Waals surface area contributed by atoms with E-state index < -0.39 is 0 Å². The van der Waals surface area contributed by atoms with Gasteiger partial charge in [0.2, 0.25) is 0 Å². The predicted octanol–water partition coefficient (Wildman–Crippen LogP) is 5.06. The number of carbonyl (C=O) groups excluding carboxylic acids is 1. The molecule has 0 aliphatic rings. The Hall–Kier alpha value is -2.50. The Bertz CT molecular complexity index is 1090. The van der Waals surface area contributed by atoms with Gasteiger partial charge in [0.05, 0.1) is 15.7 Å². The molecule has 0 radical (unpaired) electrons. The Balaban J connectivity index is 1.65. The molecule has 0 fully saturated rings. The van der Waals surface area contributed by atoms with Crippen molar-refractivity contribution in [3.05, 3.63) is 64.8 Å². The van der Waals surface area contributed by atoms with E-state index >= 15 is 0 Å². The maximum Gasteiger partial charge on any atom is 0.257 e. The standard InChI is InChI=1S/C18H12ClN3OS/c1-10-3-2-4-14-16(10)21-18(24-14)22-17(23)12-5-7-13-11(9-12)6-8-15(19)20-13/h2-9H,1H3,(H,21,22,23). The van der Waals surface area contributed by atoms with Crippen molar-refractivity contribution in [2.24, 2.45) is 0 Å². The van der Waals surface area contributed by atoms with Crippen molar-refractivity contribution in [2.45, 2.75) is 6.92 Å². The van der Waals surface area contributed by atoms with Gasteiger partial charge >= 0.3 is 0 Å². The molecular formula is C18H12ClN3OS. The predicted molar refractivity (Wildman–Crippen MR) is 99.1 cm³/mol. The number of amides is 1. The summed E-state index contributed by atoms with van der Waals surface area (Å²) in [5, 5.41) is 4.77. The SMILES string of the molecule is Cc1cccc2sc(NC(=O)c3ccc4nc(Cl)ccc4c3)nc12. The molecule has 6 heteroatoms. The molecule has 0 aliphatic carbocycles. The molecule has 0 aliphatic heterocycles. The van der Waals surface area contributed by atoms with Gasteiger partial charge in [-0.2, -0.15) is 0 Å². The van der Waals surface area contributed by atoms with Gasteiger partial charge in [0, 0.05) is 10.9 Å². The van der Waals surface area contributed by atoms with Crippen LogP contribution in [-0.2, 0) is 0 Å². The summed E-state index contributed by atoms with van der Waals surface area (Å²) in [5.74, 6) is -0.191. The smallest absolute Gasteiger partial charge is 0.257 e. The van der Waals surface area contributed by atoms with Crippen LogP contribution in [0.2, 0.25) is 5.15 Å². The molecule has 4 rings (SSSR count). The maximum absolute atomic E-state index is 12.5. The van der Waals surface area contributed by atoms with Gasteiger partial charge < -0.3 is 0 Å². The Morgan fingerprint density at radius 2 is 2.00 bits per heavy atom. The molecule has 0 saturated carbocycles. The zero-order chi connectivity index (χ0) is 16.7. The van der Waals surface area contributed by atoms with Crippen molar-refractivity contribution >= 4 is 55.1 Å². The van der Waals surface area contributed by atoms with E-state index in [1.165, 1.54) is 11.3 Å². The summed E-state index contributed by atoms with van der Waals surface area (Å²) in [7, 11) is 0. The Morgan fingerprint density at radius 1 is 1.12 bits per heavy atom. The van der Waals surface area contributed by atoms with Crippen molar-refractivity contribution in [1.82, 2.24) is 9.97 Å². The molecule has 1 N–H and O–H groups in total. The lowest BCUT2D eigenvalue weighted by Crippen LogP contribution is -2.11. The van der Waals surface area contributed by atoms with Crippen LogP contribution in [0.1, 0.15) is 15.9 Å². The number of para-hydroxylation sites is 1. The highest BCUT2D eigenvalue weighted by molar-refractivity contribution is 7.22. The number of nitrogens with one attached hydrogen (secondary N) is 1. The number of hydrogen-bond acceptors (Lipinski definition) is 4. The van der Waals surface area contributed by atoms with E-state index in [0.717, 1.165) is 26.7 Å². The van der Waals surface area contributed by atoms with Crippen LogP contribution >= 0.6 is 22.9 Å². The van der Waals surface area contributed by atoms with Gasteiger partial charge in [0.15, 0.2) is 5.13 Å². The van der Waals surface area contributed by atoms with E-state index in [1.54, 1.807) is 24.3 Å². The summed E-state index contributed by atoms with van der Waals surface area (Å²) < 4.78 is 1.06. The third kappa shape index (κ3) is 2.72. The third-order valence-electron chi connectivity index (χ3n) is 3.76. The molecule has 2 heterocycles. The molecule has 4 nitrogen and oxygen atoms in total. The van der Waals surface area contributed by atoms with E-state index in [2.05, 4.69) is 15.3 Å². The van der Waals surface area contributed by atoms with E-state index in [1.807, 2.05) is 31.2 Å².